The second-order valence-electron chi connectivity index (χ2n) is 6.78. The Morgan fingerprint density at radius 1 is 1.33 bits per heavy atom. The summed E-state index contributed by atoms with van der Waals surface area (Å²) in [7, 11) is 0. The molecule has 1 aromatic rings. The normalized spacial score (nSPS) is 24.3. The first kappa shape index (κ1) is 17.5. The van der Waals surface area contributed by atoms with Gasteiger partial charge in [0.05, 0.1) is 18.7 Å². The van der Waals surface area contributed by atoms with Crippen molar-refractivity contribution in [1.29, 1.82) is 0 Å². The molecule has 2 atom stereocenters. The molecule has 0 radical (unpaired) electrons. The van der Waals surface area contributed by atoms with Crippen molar-refractivity contribution in [2.24, 2.45) is 0 Å². The molecule has 134 valence electrons. The third-order valence-corrected chi connectivity index (χ3v) is 5.06. The first-order valence-electron chi connectivity index (χ1n) is 9.26. The number of rotatable bonds is 8. The van der Waals surface area contributed by atoms with Gasteiger partial charge < -0.3 is 4.74 Å². The zero-order valence-electron chi connectivity index (χ0n) is 14.8. The van der Waals surface area contributed by atoms with Gasteiger partial charge in [-0.25, -0.2) is 4.68 Å². The van der Waals surface area contributed by atoms with Gasteiger partial charge >= 0.3 is 0 Å². The summed E-state index contributed by atoms with van der Waals surface area (Å²) in [5, 5.41) is 12.6. The van der Waals surface area contributed by atoms with Crippen LogP contribution in [-0.2, 0) is 11.3 Å². The molecule has 0 amide bonds. The van der Waals surface area contributed by atoms with E-state index in [1.165, 1.54) is 0 Å². The Bertz CT molecular complexity index is 505. The Labute approximate surface area is 144 Å². The summed E-state index contributed by atoms with van der Waals surface area (Å²) >= 11 is 0. The van der Waals surface area contributed by atoms with Crippen LogP contribution >= 0.6 is 0 Å². The molecule has 2 fully saturated rings. The number of aromatic nitrogens is 4. The smallest absolute Gasteiger partial charge is 0.168 e. The lowest BCUT2D eigenvalue weighted by atomic mass is 10.1. The third kappa shape index (κ3) is 4.20. The van der Waals surface area contributed by atoms with Crippen LogP contribution in [-0.4, -0.2) is 75.4 Å². The van der Waals surface area contributed by atoms with E-state index in [0.29, 0.717) is 6.04 Å². The molecular formula is C17H30N6O. The van der Waals surface area contributed by atoms with Gasteiger partial charge in [-0.05, 0) is 29.7 Å². The molecule has 0 spiro atoms. The van der Waals surface area contributed by atoms with Crippen molar-refractivity contribution in [3.05, 3.63) is 18.5 Å². The number of tetrazole rings is 1. The number of nitrogens with zero attached hydrogens (tertiary/aromatic N) is 6. The van der Waals surface area contributed by atoms with Gasteiger partial charge in [-0.3, -0.25) is 9.80 Å². The van der Waals surface area contributed by atoms with Crippen LogP contribution in [0.25, 0.3) is 0 Å². The predicted octanol–water partition coefficient (Wildman–Crippen LogP) is 1.50. The molecule has 7 heteroatoms. The lowest BCUT2D eigenvalue weighted by molar-refractivity contribution is 0.0790. The topological polar surface area (TPSA) is 59.3 Å². The van der Waals surface area contributed by atoms with E-state index in [-0.39, 0.29) is 6.10 Å². The second-order valence-corrected chi connectivity index (χ2v) is 6.78. The molecule has 0 N–H and O–H groups in total. The van der Waals surface area contributed by atoms with Crippen LogP contribution < -0.4 is 0 Å². The van der Waals surface area contributed by atoms with Crippen LogP contribution in [0.5, 0.6) is 0 Å². The van der Waals surface area contributed by atoms with Gasteiger partial charge in [0, 0.05) is 39.3 Å². The van der Waals surface area contributed by atoms with E-state index in [2.05, 4.69) is 38.8 Å². The largest absolute Gasteiger partial charge is 0.376 e. The summed E-state index contributed by atoms with van der Waals surface area (Å²) in [6.07, 6.45) is 6.72. The fraction of sp³-hybridized carbons (Fsp3) is 0.824. The number of hydrogen-bond donors (Lipinski definition) is 0. The minimum atomic E-state index is 0.263. The Morgan fingerprint density at radius 3 is 2.83 bits per heavy atom. The highest BCUT2D eigenvalue weighted by Gasteiger charge is 2.29. The van der Waals surface area contributed by atoms with Gasteiger partial charge in [0.2, 0.25) is 0 Å². The Morgan fingerprint density at radius 2 is 2.17 bits per heavy atom. The standard InChI is InChI=1S/C17H30N6O/c1-3-6-16(22-11-9-21(8-4-2)10-12-22)17-18-19-20-23(17)14-15-7-5-13-24-15/h4,15-16H,2-3,5-14H2,1H3. The molecule has 1 aromatic heterocycles. The Hall–Kier alpha value is -1.31. The number of piperazine rings is 1. The highest BCUT2D eigenvalue weighted by atomic mass is 16.5. The molecule has 24 heavy (non-hydrogen) atoms. The van der Waals surface area contributed by atoms with Gasteiger partial charge in [0.25, 0.3) is 0 Å². The van der Waals surface area contributed by atoms with Gasteiger partial charge in [-0.15, -0.1) is 11.7 Å². The third-order valence-electron chi connectivity index (χ3n) is 5.06. The second kappa shape index (κ2) is 8.69. The monoisotopic (exact) mass is 334 g/mol. The van der Waals surface area contributed by atoms with E-state index < -0.39 is 0 Å². The fourth-order valence-corrected chi connectivity index (χ4v) is 3.75. The van der Waals surface area contributed by atoms with Crippen molar-refractivity contribution >= 4 is 0 Å². The number of ether oxygens (including phenoxy) is 1. The average molecular weight is 334 g/mol. The van der Waals surface area contributed by atoms with Crippen LogP contribution in [0.2, 0.25) is 0 Å². The first-order chi connectivity index (χ1) is 11.8. The van der Waals surface area contributed by atoms with Crippen LogP contribution in [0.3, 0.4) is 0 Å². The summed E-state index contributed by atoms with van der Waals surface area (Å²) in [4.78, 5) is 4.99. The molecule has 0 aromatic carbocycles. The van der Waals surface area contributed by atoms with Gasteiger partial charge in [0.1, 0.15) is 0 Å². The van der Waals surface area contributed by atoms with Gasteiger partial charge in [-0.1, -0.05) is 19.4 Å². The van der Waals surface area contributed by atoms with Crippen molar-refractivity contribution in [3.63, 3.8) is 0 Å². The highest BCUT2D eigenvalue weighted by Crippen LogP contribution is 2.26. The maximum Gasteiger partial charge on any atom is 0.168 e. The van der Waals surface area contributed by atoms with Gasteiger partial charge in [-0.2, -0.15) is 0 Å². The zero-order valence-corrected chi connectivity index (χ0v) is 14.8. The van der Waals surface area contributed by atoms with Crippen LogP contribution in [0.15, 0.2) is 12.7 Å². The lowest BCUT2D eigenvalue weighted by Gasteiger charge is -2.38. The molecule has 3 heterocycles. The maximum absolute atomic E-state index is 5.76. The van der Waals surface area contributed by atoms with Crippen molar-refractivity contribution in [2.45, 2.75) is 51.3 Å². The van der Waals surface area contributed by atoms with Gasteiger partial charge in [0.15, 0.2) is 5.82 Å². The molecule has 2 saturated heterocycles. The summed E-state index contributed by atoms with van der Waals surface area (Å²) in [6, 6.07) is 0.303. The molecule has 0 saturated carbocycles. The minimum Gasteiger partial charge on any atom is -0.376 e. The van der Waals surface area contributed by atoms with Crippen LogP contribution in [0.4, 0.5) is 0 Å². The zero-order chi connectivity index (χ0) is 16.8. The molecule has 3 rings (SSSR count). The van der Waals surface area contributed by atoms with Crippen LogP contribution in [0.1, 0.15) is 44.5 Å². The Balaban J connectivity index is 1.67. The maximum atomic E-state index is 5.76. The van der Waals surface area contributed by atoms with Crippen LogP contribution in [0, 0.1) is 0 Å². The minimum absolute atomic E-state index is 0.263. The molecule has 0 aliphatic carbocycles. The van der Waals surface area contributed by atoms with Crippen molar-refractivity contribution in [2.75, 3.05) is 39.3 Å². The van der Waals surface area contributed by atoms with Crippen molar-refractivity contribution < 1.29 is 4.74 Å². The average Bonchev–Trinajstić information content (AvgIpc) is 3.26. The summed E-state index contributed by atoms with van der Waals surface area (Å²) < 4.78 is 7.74. The lowest BCUT2D eigenvalue weighted by Crippen LogP contribution is -2.48. The quantitative estimate of drug-likeness (QED) is 0.672. The van der Waals surface area contributed by atoms with E-state index in [4.69, 9.17) is 4.74 Å². The highest BCUT2D eigenvalue weighted by molar-refractivity contribution is 4.96. The molecule has 0 bridgehead atoms. The van der Waals surface area contributed by atoms with Crippen molar-refractivity contribution in [1.82, 2.24) is 30.0 Å². The van der Waals surface area contributed by atoms with E-state index in [1.807, 2.05) is 10.8 Å². The van der Waals surface area contributed by atoms with Crippen molar-refractivity contribution in [3.8, 4) is 0 Å². The molecule has 2 aliphatic heterocycles. The summed E-state index contributed by atoms with van der Waals surface area (Å²) in [5.74, 6) is 1.00. The van der Waals surface area contributed by atoms with E-state index in [9.17, 15) is 0 Å². The SMILES string of the molecule is C=CCN1CCN(C(CCC)c2nnnn2CC2CCCO2)CC1. The molecule has 7 nitrogen and oxygen atoms in total. The first-order valence-corrected chi connectivity index (χ1v) is 9.26. The molecular weight excluding hydrogens is 304 g/mol. The molecule has 2 aliphatic rings. The predicted molar refractivity (Wildman–Crippen MR) is 92.7 cm³/mol. The number of hydrogen-bond acceptors (Lipinski definition) is 6. The summed E-state index contributed by atoms with van der Waals surface area (Å²) in [6.45, 7) is 13.0. The summed E-state index contributed by atoms with van der Waals surface area (Å²) in [5.41, 5.74) is 0. The van der Waals surface area contributed by atoms with E-state index in [1.54, 1.807) is 0 Å². The fourth-order valence-electron chi connectivity index (χ4n) is 3.75. The van der Waals surface area contributed by atoms with E-state index in [0.717, 1.165) is 77.4 Å². The Kier molecular flexibility index (Phi) is 6.34. The van der Waals surface area contributed by atoms with E-state index >= 15 is 0 Å². The molecule has 2 unspecified atom stereocenters.